The van der Waals surface area contributed by atoms with Crippen molar-refractivity contribution in [2.75, 3.05) is 13.2 Å². The summed E-state index contributed by atoms with van der Waals surface area (Å²) in [6, 6.07) is 7.17. The molecule has 98 valence electrons. The van der Waals surface area contributed by atoms with Gasteiger partial charge in [0.15, 0.2) is 0 Å². The molecule has 0 unspecified atom stereocenters. The van der Waals surface area contributed by atoms with Gasteiger partial charge in [0.05, 0.1) is 12.7 Å². The van der Waals surface area contributed by atoms with Gasteiger partial charge in [0.25, 0.3) is 0 Å². The van der Waals surface area contributed by atoms with Crippen molar-refractivity contribution in [2.24, 2.45) is 0 Å². The molecule has 1 saturated carbocycles. The second kappa shape index (κ2) is 5.29. The van der Waals surface area contributed by atoms with E-state index in [1.807, 2.05) is 0 Å². The molecule has 0 spiro atoms. The summed E-state index contributed by atoms with van der Waals surface area (Å²) in [6.45, 7) is 4.69. The lowest BCUT2D eigenvalue weighted by atomic mass is 9.89. The Morgan fingerprint density at radius 1 is 1.39 bits per heavy atom. The van der Waals surface area contributed by atoms with Gasteiger partial charge < -0.3 is 14.8 Å². The molecule has 1 heterocycles. The minimum Gasteiger partial charge on any atom is -0.493 e. The number of fused-ring (bicyclic) bond motifs is 1. The number of benzene rings is 1. The Hall–Kier alpha value is -1.06. The molecule has 0 radical (unpaired) electrons. The number of rotatable bonds is 5. The second-order valence-electron chi connectivity index (χ2n) is 5.17. The summed E-state index contributed by atoms with van der Waals surface area (Å²) >= 11 is 0. The predicted molar refractivity (Wildman–Crippen MR) is 70.9 cm³/mol. The molecule has 0 aromatic heterocycles. The van der Waals surface area contributed by atoms with E-state index in [-0.39, 0.29) is 0 Å². The first-order valence-corrected chi connectivity index (χ1v) is 6.94. The van der Waals surface area contributed by atoms with Crippen molar-refractivity contribution in [2.45, 2.75) is 44.9 Å². The summed E-state index contributed by atoms with van der Waals surface area (Å²) in [5.74, 6) is 1.07. The van der Waals surface area contributed by atoms with E-state index in [0.717, 1.165) is 44.8 Å². The van der Waals surface area contributed by atoms with Crippen molar-refractivity contribution in [3.8, 4) is 5.75 Å². The highest BCUT2D eigenvalue weighted by molar-refractivity contribution is 5.39. The zero-order chi connectivity index (χ0) is 12.4. The van der Waals surface area contributed by atoms with E-state index in [0.29, 0.717) is 12.1 Å². The molecule has 1 fully saturated rings. The first-order chi connectivity index (χ1) is 8.85. The standard InChI is InChI=1S/C15H21NO2/c1-2-17-14-8-13(9-14)16-10-11-3-4-15-12(7-11)5-6-18-15/h3-4,7,13-14,16H,2,5-6,8-10H2,1H3. The number of ether oxygens (including phenoxy) is 2. The van der Waals surface area contributed by atoms with E-state index in [9.17, 15) is 0 Å². The van der Waals surface area contributed by atoms with Gasteiger partial charge in [-0.2, -0.15) is 0 Å². The Morgan fingerprint density at radius 2 is 2.28 bits per heavy atom. The van der Waals surface area contributed by atoms with E-state index in [2.05, 4.69) is 30.4 Å². The Balaban J connectivity index is 1.47. The Kier molecular flexibility index (Phi) is 3.52. The average molecular weight is 247 g/mol. The van der Waals surface area contributed by atoms with Gasteiger partial charge >= 0.3 is 0 Å². The van der Waals surface area contributed by atoms with Crippen LogP contribution in [0.25, 0.3) is 0 Å². The van der Waals surface area contributed by atoms with Crippen LogP contribution in [0.2, 0.25) is 0 Å². The van der Waals surface area contributed by atoms with Gasteiger partial charge in [-0.25, -0.2) is 0 Å². The third-order valence-corrected chi connectivity index (χ3v) is 3.85. The third-order valence-electron chi connectivity index (χ3n) is 3.85. The van der Waals surface area contributed by atoms with Crippen molar-refractivity contribution in [3.63, 3.8) is 0 Å². The molecule has 0 atom stereocenters. The van der Waals surface area contributed by atoms with Crippen LogP contribution in [-0.4, -0.2) is 25.4 Å². The molecule has 1 aromatic rings. The molecule has 1 aliphatic carbocycles. The van der Waals surface area contributed by atoms with Gasteiger partial charge in [0.1, 0.15) is 5.75 Å². The molecule has 2 aliphatic rings. The fourth-order valence-electron chi connectivity index (χ4n) is 2.72. The van der Waals surface area contributed by atoms with Crippen LogP contribution in [0.5, 0.6) is 5.75 Å². The predicted octanol–water partition coefficient (Wildman–Crippen LogP) is 2.28. The van der Waals surface area contributed by atoms with Crippen molar-refractivity contribution < 1.29 is 9.47 Å². The highest BCUT2D eigenvalue weighted by Gasteiger charge is 2.28. The quantitative estimate of drug-likeness (QED) is 0.866. The van der Waals surface area contributed by atoms with Crippen LogP contribution in [0.15, 0.2) is 18.2 Å². The molecule has 0 bridgehead atoms. The molecule has 0 saturated heterocycles. The Bertz CT molecular complexity index is 413. The molecule has 1 aromatic carbocycles. The van der Waals surface area contributed by atoms with E-state index in [1.165, 1.54) is 11.1 Å². The van der Waals surface area contributed by atoms with Crippen LogP contribution in [-0.2, 0) is 17.7 Å². The van der Waals surface area contributed by atoms with Crippen molar-refractivity contribution >= 4 is 0 Å². The summed E-state index contributed by atoms with van der Waals surface area (Å²) < 4.78 is 11.1. The van der Waals surface area contributed by atoms with Crippen LogP contribution in [0.1, 0.15) is 30.9 Å². The number of nitrogens with one attached hydrogen (secondary N) is 1. The van der Waals surface area contributed by atoms with E-state index >= 15 is 0 Å². The summed E-state index contributed by atoms with van der Waals surface area (Å²) in [6.07, 6.45) is 3.85. The van der Waals surface area contributed by atoms with E-state index in [4.69, 9.17) is 9.47 Å². The molecular weight excluding hydrogens is 226 g/mol. The molecule has 3 rings (SSSR count). The fourth-order valence-corrected chi connectivity index (χ4v) is 2.72. The lowest BCUT2D eigenvalue weighted by Crippen LogP contribution is -2.45. The first kappa shape index (κ1) is 12.0. The molecule has 3 heteroatoms. The van der Waals surface area contributed by atoms with Gasteiger partial charge in [-0.1, -0.05) is 12.1 Å². The minimum atomic E-state index is 0.487. The van der Waals surface area contributed by atoms with Gasteiger partial charge in [-0.05, 0) is 37.0 Å². The van der Waals surface area contributed by atoms with Gasteiger partial charge in [0.2, 0.25) is 0 Å². The SMILES string of the molecule is CCOC1CC(NCc2ccc3c(c2)CCO3)C1. The smallest absolute Gasteiger partial charge is 0.122 e. The fraction of sp³-hybridized carbons (Fsp3) is 0.600. The second-order valence-corrected chi connectivity index (χ2v) is 5.17. The lowest BCUT2D eigenvalue weighted by molar-refractivity contribution is -0.0102. The molecule has 18 heavy (non-hydrogen) atoms. The topological polar surface area (TPSA) is 30.5 Å². The first-order valence-electron chi connectivity index (χ1n) is 6.94. The van der Waals surface area contributed by atoms with Crippen molar-refractivity contribution in [3.05, 3.63) is 29.3 Å². The van der Waals surface area contributed by atoms with Crippen LogP contribution in [0.4, 0.5) is 0 Å². The molecule has 1 aliphatic heterocycles. The molecule has 0 amide bonds. The number of hydrogen-bond donors (Lipinski definition) is 1. The summed E-state index contributed by atoms with van der Waals surface area (Å²) in [4.78, 5) is 0. The Morgan fingerprint density at radius 3 is 3.11 bits per heavy atom. The Labute approximate surface area is 108 Å². The number of hydrogen-bond acceptors (Lipinski definition) is 3. The van der Waals surface area contributed by atoms with Gasteiger partial charge in [-0.3, -0.25) is 0 Å². The van der Waals surface area contributed by atoms with Crippen LogP contribution in [0.3, 0.4) is 0 Å². The zero-order valence-corrected chi connectivity index (χ0v) is 10.9. The minimum absolute atomic E-state index is 0.487. The normalized spacial score (nSPS) is 25.4. The maximum atomic E-state index is 5.56. The maximum absolute atomic E-state index is 5.56. The highest BCUT2D eigenvalue weighted by atomic mass is 16.5. The average Bonchev–Trinajstić information content (AvgIpc) is 2.79. The lowest BCUT2D eigenvalue weighted by Gasteiger charge is -2.35. The van der Waals surface area contributed by atoms with Crippen LogP contribution < -0.4 is 10.1 Å². The summed E-state index contributed by atoms with van der Waals surface area (Å²) in [5, 5.41) is 3.59. The molecule has 3 nitrogen and oxygen atoms in total. The highest BCUT2D eigenvalue weighted by Crippen LogP contribution is 2.27. The van der Waals surface area contributed by atoms with E-state index in [1.54, 1.807) is 0 Å². The summed E-state index contributed by atoms with van der Waals surface area (Å²) in [7, 11) is 0. The monoisotopic (exact) mass is 247 g/mol. The zero-order valence-electron chi connectivity index (χ0n) is 10.9. The molecule has 1 N–H and O–H groups in total. The van der Waals surface area contributed by atoms with Gasteiger partial charge in [0, 0.05) is 25.6 Å². The van der Waals surface area contributed by atoms with Crippen LogP contribution in [0, 0.1) is 0 Å². The largest absolute Gasteiger partial charge is 0.493 e. The van der Waals surface area contributed by atoms with Crippen molar-refractivity contribution in [1.29, 1.82) is 0 Å². The molecular formula is C15H21NO2. The van der Waals surface area contributed by atoms with Gasteiger partial charge in [-0.15, -0.1) is 0 Å². The maximum Gasteiger partial charge on any atom is 0.122 e. The summed E-state index contributed by atoms with van der Waals surface area (Å²) in [5.41, 5.74) is 2.72. The third kappa shape index (κ3) is 2.52. The van der Waals surface area contributed by atoms with Crippen LogP contribution >= 0.6 is 0 Å². The van der Waals surface area contributed by atoms with E-state index < -0.39 is 0 Å². The van der Waals surface area contributed by atoms with Crippen molar-refractivity contribution in [1.82, 2.24) is 5.32 Å².